The molecule has 2 aromatic rings. The van der Waals surface area contributed by atoms with Gasteiger partial charge in [-0.25, -0.2) is 4.98 Å². The van der Waals surface area contributed by atoms with Gasteiger partial charge in [0.25, 0.3) is 0 Å². The molecule has 0 radical (unpaired) electrons. The number of alkyl halides is 3. The van der Waals surface area contributed by atoms with E-state index in [1.807, 2.05) is 0 Å². The maximum Gasteiger partial charge on any atom is 0.433 e. The van der Waals surface area contributed by atoms with E-state index < -0.39 is 11.9 Å². The van der Waals surface area contributed by atoms with E-state index in [2.05, 4.69) is 4.98 Å². The molecule has 0 aliphatic carbocycles. The molecule has 0 atom stereocenters. The average molecular weight is 227 g/mol. The molecule has 2 rings (SSSR count). The van der Waals surface area contributed by atoms with E-state index in [0.717, 1.165) is 6.07 Å². The van der Waals surface area contributed by atoms with Crippen LogP contribution in [-0.4, -0.2) is 12.1 Å². The first kappa shape index (κ1) is 10.7. The van der Waals surface area contributed by atoms with Crippen LogP contribution in [0.3, 0.4) is 0 Å². The van der Waals surface area contributed by atoms with Gasteiger partial charge < -0.3 is 4.74 Å². The van der Waals surface area contributed by atoms with E-state index in [-0.39, 0.29) is 5.52 Å². The predicted octanol–water partition coefficient (Wildman–Crippen LogP) is 3.26. The van der Waals surface area contributed by atoms with Gasteiger partial charge in [0.15, 0.2) is 0 Å². The molecular formula is C11H8F3NO. The summed E-state index contributed by atoms with van der Waals surface area (Å²) in [5.41, 5.74) is -0.623. The number of methoxy groups -OCH3 is 1. The van der Waals surface area contributed by atoms with Gasteiger partial charge in [0.1, 0.15) is 11.4 Å². The highest BCUT2D eigenvalue weighted by atomic mass is 19.4. The second-order valence-electron chi connectivity index (χ2n) is 3.25. The zero-order valence-corrected chi connectivity index (χ0v) is 8.38. The maximum absolute atomic E-state index is 12.4. The lowest BCUT2D eigenvalue weighted by atomic mass is 10.2. The van der Waals surface area contributed by atoms with Crippen LogP contribution >= 0.6 is 0 Å². The summed E-state index contributed by atoms with van der Waals surface area (Å²) in [7, 11) is 1.45. The second kappa shape index (κ2) is 3.66. The van der Waals surface area contributed by atoms with E-state index in [1.165, 1.54) is 19.2 Å². The Balaban J connectivity index is 2.59. The fourth-order valence-electron chi connectivity index (χ4n) is 1.38. The van der Waals surface area contributed by atoms with Crippen LogP contribution in [0.4, 0.5) is 13.2 Å². The Morgan fingerprint density at radius 3 is 2.44 bits per heavy atom. The average Bonchev–Trinajstić information content (AvgIpc) is 2.26. The van der Waals surface area contributed by atoms with Crippen molar-refractivity contribution in [1.82, 2.24) is 4.98 Å². The SMILES string of the molecule is COc1ccc2ccc(C(F)(F)F)nc2c1. The molecule has 84 valence electrons. The molecule has 1 heterocycles. The van der Waals surface area contributed by atoms with Gasteiger partial charge in [-0.05, 0) is 18.2 Å². The van der Waals surface area contributed by atoms with Crippen LogP contribution in [0.1, 0.15) is 5.69 Å². The molecule has 0 bridgehead atoms. The highest BCUT2D eigenvalue weighted by molar-refractivity contribution is 5.80. The molecule has 0 saturated heterocycles. The van der Waals surface area contributed by atoms with Crippen LogP contribution in [0.25, 0.3) is 10.9 Å². The Hall–Kier alpha value is -1.78. The molecular weight excluding hydrogens is 219 g/mol. The van der Waals surface area contributed by atoms with Crippen LogP contribution in [0.2, 0.25) is 0 Å². The van der Waals surface area contributed by atoms with Gasteiger partial charge in [-0.15, -0.1) is 0 Å². The number of nitrogens with zero attached hydrogens (tertiary/aromatic N) is 1. The van der Waals surface area contributed by atoms with Crippen molar-refractivity contribution >= 4 is 10.9 Å². The fourth-order valence-corrected chi connectivity index (χ4v) is 1.38. The third-order valence-corrected chi connectivity index (χ3v) is 2.19. The quantitative estimate of drug-likeness (QED) is 0.745. The van der Waals surface area contributed by atoms with Crippen molar-refractivity contribution in [2.24, 2.45) is 0 Å². The summed E-state index contributed by atoms with van der Waals surface area (Å²) in [6.07, 6.45) is -4.42. The minimum Gasteiger partial charge on any atom is -0.497 e. The van der Waals surface area contributed by atoms with Gasteiger partial charge in [0, 0.05) is 11.5 Å². The molecule has 1 aromatic carbocycles. The van der Waals surface area contributed by atoms with Gasteiger partial charge in [0.2, 0.25) is 0 Å². The Morgan fingerprint density at radius 1 is 1.12 bits per heavy atom. The first-order chi connectivity index (χ1) is 7.50. The van der Waals surface area contributed by atoms with E-state index in [0.29, 0.717) is 11.1 Å². The Bertz CT molecular complexity index is 522. The van der Waals surface area contributed by atoms with Crippen molar-refractivity contribution in [1.29, 1.82) is 0 Å². The molecule has 1 aromatic heterocycles. The Kier molecular flexibility index (Phi) is 2.46. The van der Waals surface area contributed by atoms with Gasteiger partial charge in [-0.3, -0.25) is 0 Å². The Labute approximate surface area is 89.7 Å². The summed E-state index contributed by atoms with van der Waals surface area (Å²) in [6.45, 7) is 0. The normalized spacial score (nSPS) is 11.8. The number of rotatable bonds is 1. The van der Waals surface area contributed by atoms with Gasteiger partial charge in [0.05, 0.1) is 12.6 Å². The lowest BCUT2D eigenvalue weighted by Crippen LogP contribution is -2.07. The summed E-state index contributed by atoms with van der Waals surface area (Å²) in [5, 5.41) is 0.647. The minimum atomic E-state index is -4.42. The summed E-state index contributed by atoms with van der Waals surface area (Å²) < 4.78 is 42.1. The monoisotopic (exact) mass is 227 g/mol. The minimum absolute atomic E-state index is 0.272. The van der Waals surface area contributed by atoms with Gasteiger partial charge >= 0.3 is 6.18 Å². The summed E-state index contributed by atoms with van der Waals surface area (Å²) in [4.78, 5) is 3.55. The molecule has 0 N–H and O–H groups in total. The standard InChI is InChI=1S/C11H8F3NO/c1-16-8-4-2-7-3-5-10(11(12,13)14)15-9(7)6-8/h2-6H,1H3. The van der Waals surface area contributed by atoms with Crippen molar-refractivity contribution in [3.05, 3.63) is 36.0 Å². The number of pyridine rings is 1. The maximum atomic E-state index is 12.4. The number of aromatic nitrogens is 1. The third-order valence-electron chi connectivity index (χ3n) is 2.19. The van der Waals surface area contributed by atoms with Crippen LogP contribution in [0.5, 0.6) is 5.75 Å². The van der Waals surface area contributed by atoms with Crippen molar-refractivity contribution < 1.29 is 17.9 Å². The van der Waals surface area contributed by atoms with Gasteiger partial charge in [-0.2, -0.15) is 13.2 Å². The van der Waals surface area contributed by atoms with Crippen molar-refractivity contribution in [3.63, 3.8) is 0 Å². The van der Waals surface area contributed by atoms with Crippen LogP contribution < -0.4 is 4.74 Å². The number of fused-ring (bicyclic) bond motifs is 1. The lowest BCUT2D eigenvalue weighted by molar-refractivity contribution is -0.140. The zero-order valence-electron chi connectivity index (χ0n) is 8.38. The molecule has 16 heavy (non-hydrogen) atoms. The van der Waals surface area contributed by atoms with Gasteiger partial charge in [-0.1, -0.05) is 6.07 Å². The highest BCUT2D eigenvalue weighted by Crippen LogP contribution is 2.29. The number of ether oxygens (including phenoxy) is 1. The van der Waals surface area contributed by atoms with E-state index >= 15 is 0 Å². The molecule has 0 saturated carbocycles. The molecule has 0 spiro atoms. The highest BCUT2D eigenvalue weighted by Gasteiger charge is 2.32. The lowest BCUT2D eigenvalue weighted by Gasteiger charge is -2.07. The first-order valence-electron chi connectivity index (χ1n) is 4.53. The molecule has 0 unspecified atom stereocenters. The van der Waals surface area contributed by atoms with Crippen LogP contribution in [-0.2, 0) is 6.18 Å². The summed E-state index contributed by atoms with van der Waals surface area (Å²) in [6, 6.07) is 7.18. The molecule has 0 fully saturated rings. The fraction of sp³-hybridized carbons (Fsp3) is 0.182. The van der Waals surface area contributed by atoms with E-state index in [1.54, 1.807) is 12.1 Å². The number of hydrogen-bond donors (Lipinski definition) is 0. The summed E-state index contributed by atoms with van der Waals surface area (Å²) >= 11 is 0. The molecule has 0 aliphatic heterocycles. The number of benzene rings is 1. The van der Waals surface area contributed by atoms with E-state index in [4.69, 9.17) is 4.74 Å². The van der Waals surface area contributed by atoms with Crippen LogP contribution in [0.15, 0.2) is 30.3 Å². The number of halogens is 3. The second-order valence-corrected chi connectivity index (χ2v) is 3.25. The van der Waals surface area contributed by atoms with Crippen LogP contribution in [0, 0.1) is 0 Å². The molecule has 0 amide bonds. The molecule has 5 heteroatoms. The third kappa shape index (κ3) is 1.93. The first-order valence-corrected chi connectivity index (χ1v) is 4.53. The molecule has 2 nitrogen and oxygen atoms in total. The zero-order chi connectivity index (χ0) is 11.8. The smallest absolute Gasteiger partial charge is 0.433 e. The summed E-state index contributed by atoms with van der Waals surface area (Å²) in [5.74, 6) is 0.485. The predicted molar refractivity (Wildman–Crippen MR) is 53.3 cm³/mol. The Morgan fingerprint density at radius 2 is 1.81 bits per heavy atom. The topological polar surface area (TPSA) is 22.1 Å². The largest absolute Gasteiger partial charge is 0.497 e. The van der Waals surface area contributed by atoms with Crippen molar-refractivity contribution in [3.8, 4) is 5.75 Å². The number of hydrogen-bond acceptors (Lipinski definition) is 2. The van der Waals surface area contributed by atoms with E-state index in [9.17, 15) is 13.2 Å². The van der Waals surface area contributed by atoms with Crippen molar-refractivity contribution in [2.75, 3.05) is 7.11 Å². The molecule has 0 aliphatic rings. The van der Waals surface area contributed by atoms with Crippen molar-refractivity contribution in [2.45, 2.75) is 6.18 Å².